The minimum atomic E-state index is -0.254. The average Bonchev–Trinajstić information content (AvgIpc) is 2.49. The molecule has 0 bridgehead atoms. The fourth-order valence-electron chi connectivity index (χ4n) is 2.03. The molecule has 0 heterocycles. The van der Waals surface area contributed by atoms with Gasteiger partial charge in [-0.15, -0.1) is 0 Å². The highest BCUT2D eigenvalue weighted by Crippen LogP contribution is 2.15. The van der Waals surface area contributed by atoms with Gasteiger partial charge in [0, 0.05) is 11.3 Å². The zero-order chi connectivity index (χ0) is 16.1. The quantitative estimate of drug-likeness (QED) is 0.911. The predicted molar refractivity (Wildman–Crippen MR) is 88.1 cm³/mol. The highest BCUT2D eigenvalue weighted by atomic mass is 16.2. The molecule has 2 amide bonds. The van der Waals surface area contributed by atoms with Gasteiger partial charge in [0.25, 0.3) is 5.91 Å². The second-order valence-electron chi connectivity index (χ2n) is 5.42. The molecule has 0 saturated carbocycles. The van der Waals surface area contributed by atoms with Crippen LogP contribution in [-0.2, 0) is 4.79 Å². The first-order valence-electron chi connectivity index (χ1n) is 7.17. The maximum absolute atomic E-state index is 11.9. The maximum atomic E-state index is 11.9. The lowest BCUT2D eigenvalue weighted by atomic mass is 10.1. The molecule has 0 unspecified atom stereocenters. The van der Waals surface area contributed by atoms with E-state index in [9.17, 15) is 9.59 Å². The Morgan fingerprint density at radius 2 is 1.55 bits per heavy atom. The molecule has 114 valence electrons. The number of carbonyl (C=O) groups is 2. The van der Waals surface area contributed by atoms with Gasteiger partial charge in [-0.25, -0.2) is 0 Å². The van der Waals surface area contributed by atoms with E-state index in [1.54, 1.807) is 12.1 Å². The summed E-state index contributed by atoms with van der Waals surface area (Å²) in [5.74, 6) is -0.495. The third kappa shape index (κ3) is 4.19. The van der Waals surface area contributed by atoms with Crippen LogP contribution in [0, 0.1) is 20.8 Å². The van der Waals surface area contributed by atoms with Gasteiger partial charge in [0.15, 0.2) is 0 Å². The second-order valence-corrected chi connectivity index (χ2v) is 5.42. The summed E-state index contributed by atoms with van der Waals surface area (Å²) in [6.45, 7) is 5.80. The fraction of sp³-hybridized carbons (Fsp3) is 0.222. The van der Waals surface area contributed by atoms with E-state index >= 15 is 0 Å². The summed E-state index contributed by atoms with van der Waals surface area (Å²) in [4.78, 5) is 23.9. The van der Waals surface area contributed by atoms with Crippen molar-refractivity contribution in [1.82, 2.24) is 5.32 Å². The molecule has 0 aromatic heterocycles. The van der Waals surface area contributed by atoms with E-state index in [1.807, 2.05) is 51.1 Å². The highest BCUT2D eigenvalue weighted by molar-refractivity contribution is 5.99. The minimum absolute atomic E-state index is 0.0555. The Kier molecular flexibility index (Phi) is 4.94. The van der Waals surface area contributed by atoms with Crippen LogP contribution in [0.15, 0.2) is 42.5 Å². The number of hydrogen-bond donors (Lipinski definition) is 2. The van der Waals surface area contributed by atoms with Crippen molar-refractivity contribution in [2.75, 3.05) is 11.9 Å². The van der Waals surface area contributed by atoms with Gasteiger partial charge in [0.1, 0.15) is 0 Å². The van der Waals surface area contributed by atoms with E-state index in [0.717, 1.165) is 22.4 Å². The number of benzene rings is 2. The molecule has 0 fully saturated rings. The first-order valence-corrected chi connectivity index (χ1v) is 7.17. The smallest absolute Gasteiger partial charge is 0.251 e. The van der Waals surface area contributed by atoms with Crippen LogP contribution >= 0.6 is 0 Å². The summed E-state index contributed by atoms with van der Waals surface area (Å²) in [5, 5.41) is 5.43. The van der Waals surface area contributed by atoms with Gasteiger partial charge in [-0.05, 0) is 50.1 Å². The number of nitrogens with one attached hydrogen (secondary N) is 2. The number of carbonyl (C=O) groups excluding carboxylic acids is 2. The van der Waals surface area contributed by atoms with Gasteiger partial charge >= 0.3 is 0 Å². The first-order chi connectivity index (χ1) is 10.5. The summed E-state index contributed by atoms with van der Waals surface area (Å²) >= 11 is 0. The van der Waals surface area contributed by atoms with E-state index in [4.69, 9.17) is 0 Å². The number of anilines is 1. The van der Waals surface area contributed by atoms with E-state index in [1.165, 1.54) is 0 Å². The molecule has 0 aliphatic carbocycles. The van der Waals surface area contributed by atoms with Gasteiger partial charge in [-0.1, -0.05) is 29.8 Å². The highest BCUT2D eigenvalue weighted by Gasteiger charge is 2.09. The lowest BCUT2D eigenvalue weighted by molar-refractivity contribution is -0.115. The van der Waals surface area contributed by atoms with Crippen molar-refractivity contribution in [3.8, 4) is 0 Å². The molecule has 4 nitrogen and oxygen atoms in total. The molecule has 0 atom stereocenters. The standard InChI is InChI=1S/C18H20N2O2/c1-12-5-8-15(9-6-12)18(22)19-11-17(21)20-16-10-13(2)4-7-14(16)3/h4-10H,11H2,1-3H3,(H,19,22)(H,20,21). The fourth-order valence-corrected chi connectivity index (χ4v) is 2.03. The normalized spacial score (nSPS) is 10.1. The van der Waals surface area contributed by atoms with Crippen molar-refractivity contribution < 1.29 is 9.59 Å². The van der Waals surface area contributed by atoms with Crippen LogP contribution in [0.4, 0.5) is 5.69 Å². The van der Waals surface area contributed by atoms with Crippen molar-refractivity contribution in [2.45, 2.75) is 20.8 Å². The molecule has 4 heteroatoms. The number of amides is 2. The Hall–Kier alpha value is -2.62. The van der Waals surface area contributed by atoms with E-state index in [-0.39, 0.29) is 18.4 Å². The summed E-state index contributed by atoms with van der Waals surface area (Å²) in [7, 11) is 0. The van der Waals surface area contributed by atoms with Gasteiger partial charge in [-0.3, -0.25) is 9.59 Å². The molecule has 2 N–H and O–H groups in total. The Morgan fingerprint density at radius 3 is 2.23 bits per heavy atom. The summed E-state index contributed by atoms with van der Waals surface area (Å²) in [6.07, 6.45) is 0. The van der Waals surface area contributed by atoms with Crippen molar-refractivity contribution in [3.63, 3.8) is 0 Å². The van der Waals surface area contributed by atoms with Crippen molar-refractivity contribution in [2.24, 2.45) is 0 Å². The Bertz CT molecular complexity index is 691. The van der Waals surface area contributed by atoms with Gasteiger partial charge in [0.05, 0.1) is 6.54 Å². The summed E-state index contributed by atoms with van der Waals surface area (Å²) in [5.41, 5.74) is 4.47. The molecular formula is C18H20N2O2. The van der Waals surface area contributed by atoms with Crippen LogP contribution in [0.3, 0.4) is 0 Å². The van der Waals surface area contributed by atoms with Gasteiger partial charge in [-0.2, -0.15) is 0 Å². The van der Waals surface area contributed by atoms with E-state index in [0.29, 0.717) is 5.56 Å². The molecule has 0 saturated heterocycles. The van der Waals surface area contributed by atoms with Crippen LogP contribution < -0.4 is 10.6 Å². The number of hydrogen-bond acceptors (Lipinski definition) is 2. The second kappa shape index (κ2) is 6.89. The summed E-state index contributed by atoms with van der Waals surface area (Å²) < 4.78 is 0. The van der Waals surface area contributed by atoms with Gasteiger partial charge in [0.2, 0.25) is 5.91 Å². The molecule has 2 aromatic carbocycles. The monoisotopic (exact) mass is 296 g/mol. The molecule has 22 heavy (non-hydrogen) atoms. The van der Waals surface area contributed by atoms with Gasteiger partial charge < -0.3 is 10.6 Å². The van der Waals surface area contributed by atoms with E-state index < -0.39 is 0 Å². The molecule has 0 spiro atoms. The summed E-state index contributed by atoms with van der Waals surface area (Å²) in [6, 6.07) is 13.1. The van der Waals surface area contributed by atoms with Crippen LogP contribution in [0.25, 0.3) is 0 Å². The van der Waals surface area contributed by atoms with E-state index in [2.05, 4.69) is 10.6 Å². The van der Waals surface area contributed by atoms with Crippen molar-refractivity contribution >= 4 is 17.5 Å². The molecular weight excluding hydrogens is 276 g/mol. The molecule has 0 radical (unpaired) electrons. The molecule has 0 aliphatic rings. The number of aryl methyl sites for hydroxylation is 3. The molecule has 0 aliphatic heterocycles. The Balaban J connectivity index is 1.91. The minimum Gasteiger partial charge on any atom is -0.343 e. The third-order valence-electron chi connectivity index (χ3n) is 3.39. The number of rotatable bonds is 4. The molecule has 2 rings (SSSR count). The predicted octanol–water partition coefficient (Wildman–Crippen LogP) is 2.98. The first kappa shape index (κ1) is 15.8. The van der Waals surface area contributed by atoms with Crippen LogP contribution in [0.5, 0.6) is 0 Å². The van der Waals surface area contributed by atoms with Crippen LogP contribution in [0.2, 0.25) is 0 Å². The Labute approximate surface area is 130 Å². The van der Waals surface area contributed by atoms with Crippen molar-refractivity contribution in [3.05, 3.63) is 64.7 Å². The van der Waals surface area contributed by atoms with Crippen LogP contribution in [-0.4, -0.2) is 18.4 Å². The zero-order valence-corrected chi connectivity index (χ0v) is 13.1. The topological polar surface area (TPSA) is 58.2 Å². The zero-order valence-electron chi connectivity index (χ0n) is 13.1. The molecule has 2 aromatic rings. The lowest BCUT2D eigenvalue weighted by Crippen LogP contribution is -2.33. The third-order valence-corrected chi connectivity index (χ3v) is 3.39. The Morgan fingerprint density at radius 1 is 0.909 bits per heavy atom. The average molecular weight is 296 g/mol. The van der Waals surface area contributed by atoms with Crippen LogP contribution in [0.1, 0.15) is 27.0 Å². The van der Waals surface area contributed by atoms with Crippen molar-refractivity contribution in [1.29, 1.82) is 0 Å². The lowest BCUT2D eigenvalue weighted by Gasteiger charge is -2.10. The largest absolute Gasteiger partial charge is 0.343 e. The maximum Gasteiger partial charge on any atom is 0.251 e. The SMILES string of the molecule is Cc1ccc(C(=O)NCC(=O)Nc2cc(C)ccc2C)cc1.